The van der Waals surface area contributed by atoms with Crippen molar-refractivity contribution in [1.82, 2.24) is 10.6 Å². The van der Waals surface area contributed by atoms with Gasteiger partial charge in [-0.25, -0.2) is 0 Å². The summed E-state index contributed by atoms with van der Waals surface area (Å²) >= 11 is 0. The molecule has 6 nitrogen and oxygen atoms in total. The van der Waals surface area contributed by atoms with Gasteiger partial charge in [0.2, 0.25) is 11.8 Å². The molecular formula is C31H40N2O4Si-. The van der Waals surface area contributed by atoms with Crippen molar-refractivity contribution >= 4 is 20.1 Å². The molecule has 3 aromatic rings. The summed E-state index contributed by atoms with van der Waals surface area (Å²) in [7, 11) is -0.411. The van der Waals surface area contributed by atoms with Gasteiger partial charge in [-0.3, -0.25) is 9.59 Å². The highest BCUT2D eigenvalue weighted by molar-refractivity contribution is 6.74. The monoisotopic (exact) mass is 532 g/mol. The number of ether oxygens (including phenoxy) is 1. The summed E-state index contributed by atoms with van der Waals surface area (Å²) in [6, 6.07) is 24.2. The van der Waals surface area contributed by atoms with Crippen molar-refractivity contribution < 1.29 is 18.8 Å². The van der Waals surface area contributed by atoms with Crippen LogP contribution in [0.4, 0.5) is 0 Å². The predicted molar refractivity (Wildman–Crippen MR) is 155 cm³/mol. The molecule has 0 aliphatic rings. The van der Waals surface area contributed by atoms with Crippen LogP contribution in [-0.2, 0) is 29.0 Å². The van der Waals surface area contributed by atoms with Gasteiger partial charge in [-0.1, -0.05) is 75.4 Å². The lowest BCUT2D eigenvalue weighted by atomic mass is 10.0. The maximum atomic E-state index is 13.3. The molecule has 0 aliphatic carbocycles. The zero-order valence-electron chi connectivity index (χ0n) is 23.3. The molecular weight excluding hydrogens is 492 g/mol. The van der Waals surface area contributed by atoms with Gasteiger partial charge in [-0.15, -0.1) is 18.1 Å². The van der Waals surface area contributed by atoms with Crippen LogP contribution < -0.4 is 19.8 Å². The molecule has 0 unspecified atom stereocenters. The first-order chi connectivity index (χ1) is 18.0. The zero-order chi connectivity index (χ0) is 27.8. The van der Waals surface area contributed by atoms with Crippen LogP contribution in [-0.4, -0.2) is 33.3 Å². The maximum Gasteiger partial charge on any atom is 0.243 e. The Balaban J connectivity index is 1.75. The highest BCUT2D eigenvalue weighted by Crippen LogP contribution is 2.37. The molecule has 7 heteroatoms. The summed E-state index contributed by atoms with van der Waals surface area (Å²) in [5, 5.41) is 6.01. The fourth-order valence-corrected chi connectivity index (χ4v) is 4.73. The van der Waals surface area contributed by atoms with Crippen LogP contribution in [0.25, 0.3) is 0 Å². The van der Waals surface area contributed by atoms with Gasteiger partial charge in [0, 0.05) is 21.3 Å². The SMILES string of the molecule is COc1ccc(CC(=O)N[C@H](Cc2cccc(O[Si-](C)(C)C(C)(C)C)c2)C(=O)NCc2ccccc2)cc1. The van der Waals surface area contributed by atoms with Crippen molar-refractivity contribution in [2.45, 2.75) is 64.3 Å². The number of methoxy groups -OCH3 is 1. The van der Waals surface area contributed by atoms with E-state index >= 15 is 0 Å². The number of hydrogen-bond acceptors (Lipinski definition) is 4. The average Bonchev–Trinajstić information content (AvgIpc) is 2.87. The zero-order valence-corrected chi connectivity index (χ0v) is 24.3. The Labute approximate surface area is 227 Å². The van der Waals surface area contributed by atoms with E-state index in [1.54, 1.807) is 7.11 Å². The van der Waals surface area contributed by atoms with Gasteiger partial charge in [-0.05, 0) is 41.0 Å². The lowest BCUT2D eigenvalue weighted by Crippen LogP contribution is -2.48. The minimum atomic E-state index is -2.01. The third-order valence-electron chi connectivity index (χ3n) is 7.00. The number of hydrogen-bond donors (Lipinski definition) is 2. The Morgan fingerprint density at radius 3 is 2.13 bits per heavy atom. The Kier molecular flexibility index (Phi) is 9.75. The van der Waals surface area contributed by atoms with Crippen molar-refractivity contribution in [3.05, 3.63) is 95.6 Å². The molecule has 0 fully saturated rings. The van der Waals surface area contributed by atoms with Gasteiger partial charge in [0.05, 0.1) is 19.3 Å². The lowest BCUT2D eigenvalue weighted by Gasteiger charge is -2.48. The molecule has 0 saturated carbocycles. The highest BCUT2D eigenvalue weighted by Gasteiger charge is 2.27. The smallest absolute Gasteiger partial charge is 0.243 e. The van der Waals surface area contributed by atoms with Crippen molar-refractivity contribution in [3.8, 4) is 11.5 Å². The molecule has 0 bridgehead atoms. The van der Waals surface area contributed by atoms with Crippen LogP contribution >= 0.6 is 0 Å². The molecule has 1 atom stereocenters. The first-order valence-electron chi connectivity index (χ1n) is 13.0. The van der Waals surface area contributed by atoms with Crippen LogP contribution in [0.3, 0.4) is 0 Å². The van der Waals surface area contributed by atoms with E-state index in [1.807, 2.05) is 78.9 Å². The molecule has 0 aliphatic heterocycles. The van der Waals surface area contributed by atoms with Crippen LogP contribution in [0.2, 0.25) is 18.1 Å². The Morgan fingerprint density at radius 1 is 0.842 bits per heavy atom. The molecule has 0 aromatic heterocycles. The van der Waals surface area contributed by atoms with Gasteiger partial charge in [-0.2, -0.15) is 0 Å². The minimum Gasteiger partial charge on any atom is -0.689 e. The molecule has 3 aromatic carbocycles. The van der Waals surface area contributed by atoms with Crippen LogP contribution in [0, 0.1) is 0 Å². The third kappa shape index (κ3) is 8.48. The van der Waals surface area contributed by atoms with Crippen molar-refractivity contribution in [3.63, 3.8) is 0 Å². The molecule has 2 amide bonds. The molecule has 0 saturated heterocycles. The first kappa shape index (κ1) is 29.0. The first-order valence-corrected chi connectivity index (χ1v) is 15.9. The summed E-state index contributed by atoms with van der Waals surface area (Å²) in [5.74, 6) is 1.07. The quantitative estimate of drug-likeness (QED) is 0.312. The van der Waals surface area contributed by atoms with Crippen LogP contribution in [0.5, 0.6) is 11.5 Å². The molecule has 3 rings (SSSR count). The summed E-state index contributed by atoms with van der Waals surface area (Å²) in [5.41, 5.74) is 2.76. The highest BCUT2D eigenvalue weighted by atomic mass is 28.4. The summed E-state index contributed by atoms with van der Waals surface area (Å²) < 4.78 is 11.7. The fraction of sp³-hybridized carbons (Fsp3) is 0.355. The van der Waals surface area contributed by atoms with E-state index in [0.29, 0.717) is 13.0 Å². The second-order valence-electron chi connectivity index (χ2n) is 11.1. The second-order valence-corrected chi connectivity index (χ2v) is 15.8. The standard InChI is InChI=1S/C31H40N2O4Si/c1-31(2,3)38(5,6)37-27-14-10-13-25(19-27)20-28(30(35)32-22-24-11-8-7-9-12-24)33-29(34)21-23-15-17-26(36-4)18-16-23/h7-19,28H,20-22H2,1-6H3,(H,32,35)(H,33,34)/q-1/t28-/m1/s1. The third-order valence-corrected chi connectivity index (χ3v) is 11.4. The van der Waals surface area contributed by atoms with Crippen LogP contribution in [0.15, 0.2) is 78.9 Å². The van der Waals surface area contributed by atoms with E-state index in [4.69, 9.17) is 9.16 Å². The van der Waals surface area contributed by atoms with E-state index < -0.39 is 14.4 Å². The summed E-state index contributed by atoms with van der Waals surface area (Å²) in [6.07, 6.45) is 0.519. The minimum absolute atomic E-state index is 0.0678. The summed E-state index contributed by atoms with van der Waals surface area (Å²) in [4.78, 5) is 26.2. The number of benzene rings is 3. The number of nitrogens with one attached hydrogen (secondary N) is 2. The lowest BCUT2D eigenvalue weighted by molar-refractivity contribution is -0.128. The molecule has 0 heterocycles. The van der Waals surface area contributed by atoms with Gasteiger partial charge >= 0.3 is 0 Å². The Morgan fingerprint density at radius 2 is 1.50 bits per heavy atom. The topological polar surface area (TPSA) is 76.7 Å². The van der Waals surface area contributed by atoms with Gasteiger partial charge in [0.15, 0.2) is 0 Å². The number of rotatable bonds is 11. The Hall–Kier alpha value is -3.58. The predicted octanol–water partition coefficient (Wildman–Crippen LogP) is 5.67. The van der Waals surface area contributed by atoms with Crippen molar-refractivity contribution in [2.24, 2.45) is 0 Å². The molecule has 203 valence electrons. The maximum absolute atomic E-state index is 13.3. The van der Waals surface area contributed by atoms with E-state index in [1.165, 1.54) is 0 Å². The number of carbonyl (C=O) groups is 2. The van der Waals surface area contributed by atoms with Gasteiger partial charge in [0.1, 0.15) is 11.8 Å². The Bertz CT molecular complexity index is 1200. The number of amides is 2. The van der Waals surface area contributed by atoms with Gasteiger partial charge < -0.3 is 19.8 Å². The van der Waals surface area contributed by atoms with Crippen LogP contribution in [0.1, 0.15) is 37.5 Å². The summed E-state index contributed by atoms with van der Waals surface area (Å²) in [6.45, 7) is 11.4. The normalized spacial score (nSPS) is 12.4. The van der Waals surface area contributed by atoms with E-state index in [-0.39, 0.29) is 23.3 Å². The largest absolute Gasteiger partial charge is 0.689 e. The molecule has 38 heavy (non-hydrogen) atoms. The second kappa shape index (κ2) is 12.8. The fourth-order valence-electron chi connectivity index (χ4n) is 3.71. The molecule has 2 N–H and O–H groups in total. The van der Waals surface area contributed by atoms with Crippen molar-refractivity contribution in [1.29, 1.82) is 0 Å². The van der Waals surface area contributed by atoms with E-state index in [0.717, 1.165) is 28.2 Å². The molecule has 0 radical (unpaired) electrons. The van der Waals surface area contributed by atoms with E-state index in [2.05, 4.69) is 44.5 Å². The number of carbonyl (C=O) groups excluding carboxylic acids is 2. The van der Waals surface area contributed by atoms with Gasteiger partial charge in [0.25, 0.3) is 0 Å². The molecule has 0 spiro atoms. The average molecular weight is 533 g/mol. The van der Waals surface area contributed by atoms with Crippen molar-refractivity contribution in [2.75, 3.05) is 7.11 Å². The van der Waals surface area contributed by atoms with E-state index in [9.17, 15) is 9.59 Å².